The van der Waals surface area contributed by atoms with Crippen molar-refractivity contribution in [2.75, 3.05) is 22.7 Å². The summed E-state index contributed by atoms with van der Waals surface area (Å²) in [6, 6.07) is 1.08. The van der Waals surface area contributed by atoms with Crippen LogP contribution in [0.2, 0.25) is 0 Å². The summed E-state index contributed by atoms with van der Waals surface area (Å²) >= 11 is 0. The Bertz CT molecular complexity index is 672. The normalized spacial score (nSPS) is 12.0. The lowest BCUT2D eigenvalue weighted by Gasteiger charge is -2.21. The minimum Gasteiger partial charge on any atom is -0.298 e. The molecule has 0 fully saturated rings. The fraction of sp³-hybridized carbons (Fsp3) is 0.250. The van der Waals surface area contributed by atoms with Gasteiger partial charge in [0.2, 0.25) is 0 Å². The van der Waals surface area contributed by atoms with Crippen LogP contribution in [0.25, 0.3) is 0 Å². The molecule has 0 aliphatic heterocycles. The van der Waals surface area contributed by atoms with Crippen molar-refractivity contribution >= 4 is 38.4 Å². The van der Waals surface area contributed by atoms with Crippen LogP contribution >= 0.6 is 0 Å². The molecule has 0 atom stereocenters. The molecule has 0 amide bonds. The van der Waals surface area contributed by atoms with Crippen molar-refractivity contribution in [1.29, 1.82) is 0 Å². The van der Waals surface area contributed by atoms with Crippen molar-refractivity contribution in [3.8, 4) is 0 Å². The largest absolute Gasteiger partial charge is 0.360 e. The molecule has 0 saturated heterocycles. The molecule has 2 N–H and O–H groups in total. The van der Waals surface area contributed by atoms with Gasteiger partial charge in [0, 0.05) is 20.3 Å². The summed E-state index contributed by atoms with van der Waals surface area (Å²) < 4.78 is 62.6. The van der Waals surface area contributed by atoms with Gasteiger partial charge in [0.1, 0.15) is 0 Å². The Hall–Kier alpha value is -1.76. The van der Waals surface area contributed by atoms with Gasteiger partial charge in [-0.15, -0.1) is 0 Å². The monoisotopic (exact) mass is 325 g/mol. The maximum absolute atomic E-state index is 11.1. The first-order valence-electron chi connectivity index (χ1n) is 4.87. The predicted octanol–water partition coefficient (Wildman–Crippen LogP) is -0.628. The molecule has 0 unspecified atom stereocenters. The zero-order chi connectivity index (χ0) is 15.7. The van der Waals surface area contributed by atoms with Gasteiger partial charge < -0.3 is 0 Å². The van der Waals surface area contributed by atoms with Gasteiger partial charge in [0.15, 0.2) is 12.1 Å². The Morgan fingerprint density at radius 3 is 2.00 bits per heavy atom. The zero-order valence-corrected chi connectivity index (χ0v) is 12.0. The SMILES string of the molecule is CN(c1ccnc(N(C)S(=O)(=O)O)c1C=O)S(=O)(=O)O. The summed E-state index contributed by atoms with van der Waals surface area (Å²) in [6.07, 6.45) is 1.17. The number of pyridine rings is 1. The lowest BCUT2D eigenvalue weighted by molar-refractivity contribution is 0.112. The second kappa shape index (κ2) is 5.32. The number of nitrogens with zero attached hydrogens (tertiary/aromatic N) is 3. The van der Waals surface area contributed by atoms with Crippen molar-refractivity contribution in [3.05, 3.63) is 17.8 Å². The number of aldehydes is 1. The van der Waals surface area contributed by atoms with E-state index in [4.69, 9.17) is 9.11 Å². The third-order valence-corrected chi connectivity index (χ3v) is 4.15. The first-order chi connectivity index (χ1) is 9.00. The number of hydrogen-bond acceptors (Lipinski definition) is 6. The van der Waals surface area contributed by atoms with Gasteiger partial charge in [0.25, 0.3) is 0 Å². The van der Waals surface area contributed by atoms with Crippen LogP contribution in [0.1, 0.15) is 10.4 Å². The van der Waals surface area contributed by atoms with E-state index in [1.54, 1.807) is 0 Å². The first-order valence-corrected chi connectivity index (χ1v) is 7.66. The third-order valence-electron chi connectivity index (χ3n) is 2.39. The highest BCUT2D eigenvalue weighted by molar-refractivity contribution is 7.87. The average molecular weight is 325 g/mol. The van der Waals surface area contributed by atoms with Crippen molar-refractivity contribution in [2.24, 2.45) is 0 Å². The number of anilines is 2. The van der Waals surface area contributed by atoms with E-state index >= 15 is 0 Å². The molecule has 0 radical (unpaired) electrons. The molecule has 0 spiro atoms. The lowest BCUT2D eigenvalue weighted by atomic mass is 10.2. The van der Waals surface area contributed by atoms with E-state index in [0.29, 0.717) is 4.31 Å². The van der Waals surface area contributed by atoms with Gasteiger partial charge in [-0.2, -0.15) is 16.8 Å². The highest BCUT2D eigenvalue weighted by Crippen LogP contribution is 2.27. The van der Waals surface area contributed by atoms with Crippen LogP contribution in [0, 0.1) is 0 Å². The molecule has 0 saturated carbocycles. The van der Waals surface area contributed by atoms with E-state index in [2.05, 4.69) is 4.98 Å². The Kier molecular flexibility index (Phi) is 4.33. The summed E-state index contributed by atoms with van der Waals surface area (Å²) in [7, 11) is -7.46. The molecular weight excluding hydrogens is 314 g/mol. The average Bonchev–Trinajstić information content (AvgIpc) is 2.33. The van der Waals surface area contributed by atoms with Crippen LogP contribution in [0.5, 0.6) is 0 Å². The van der Waals surface area contributed by atoms with Gasteiger partial charge in [-0.25, -0.2) is 9.29 Å². The van der Waals surface area contributed by atoms with E-state index in [1.807, 2.05) is 0 Å². The molecule has 10 nitrogen and oxygen atoms in total. The summed E-state index contributed by atoms with van der Waals surface area (Å²) in [4.78, 5) is 14.7. The standard InChI is InChI=1S/C8H11N3O7S2/c1-10(19(13,14)15)7-3-4-9-8(6(7)5-12)11(2)20(16,17)18/h3-5H,1-2H3,(H,13,14,15)(H,16,17,18). The molecule has 20 heavy (non-hydrogen) atoms. The van der Waals surface area contributed by atoms with Crippen molar-refractivity contribution in [3.63, 3.8) is 0 Å². The Labute approximate surface area is 115 Å². The Morgan fingerprint density at radius 2 is 1.60 bits per heavy atom. The van der Waals surface area contributed by atoms with Crippen molar-refractivity contribution in [2.45, 2.75) is 0 Å². The summed E-state index contributed by atoms with van der Waals surface area (Å²) in [5.74, 6) is -0.490. The van der Waals surface area contributed by atoms with Crippen LogP contribution in [0.4, 0.5) is 11.5 Å². The maximum atomic E-state index is 11.1. The van der Waals surface area contributed by atoms with Gasteiger partial charge in [-0.1, -0.05) is 0 Å². The number of carbonyl (C=O) groups is 1. The Balaban J connectivity index is 3.57. The quantitative estimate of drug-likeness (QED) is 0.537. The van der Waals surface area contributed by atoms with Crippen LogP contribution in [0.15, 0.2) is 12.3 Å². The zero-order valence-electron chi connectivity index (χ0n) is 10.3. The fourth-order valence-corrected chi connectivity index (χ4v) is 2.10. The Morgan fingerprint density at radius 1 is 1.10 bits per heavy atom. The molecule has 112 valence electrons. The van der Waals surface area contributed by atoms with Gasteiger partial charge in [-0.05, 0) is 6.07 Å². The smallest absolute Gasteiger partial charge is 0.298 e. The van der Waals surface area contributed by atoms with Crippen LogP contribution < -0.4 is 8.61 Å². The first kappa shape index (κ1) is 16.3. The molecule has 1 rings (SSSR count). The van der Waals surface area contributed by atoms with Crippen LogP contribution in [0.3, 0.4) is 0 Å². The van der Waals surface area contributed by atoms with Crippen LogP contribution in [-0.2, 0) is 20.6 Å². The molecular formula is C8H11N3O7S2. The van der Waals surface area contributed by atoms with Gasteiger partial charge >= 0.3 is 20.6 Å². The van der Waals surface area contributed by atoms with E-state index < -0.39 is 32.0 Å². The summed E-state index contributed by atoms with van der Waals surface area (Å²) in [5, 5.41) is 0. The highest BCUT2D eigenvalue weighted by Gasteiger charge is 2.25. The van der Waals surface area contributed by atoms with Crippen LogP contribution in [-0.4, -0.2) is 51.3 Å². The topological polar surface area (TPSA) is 145 Å². The molecule has 0 aromatic carbocycles. The molecule has 1 aromatic heterocycles. The van der Waals surface area contributed by atoms with E-state index in [-0.39, 0.29) is 16.3 Å². The minimum absolute atomic E-state index is 0.154. The van der Waals surface area contributed by atoms with E-state index in [0.717, 1.165) is 26.4 Å². The molecule has 1 heterocycles. The van der Waals surface area contributed by atoms with E-state index in [1.165, 1.54) is 0 Å². The second-order valence-electron chi connectivity index (χ2n) is 3.58. The van der Waals surface area contributed by atoms with Crippen molar-refractivity contribution < 1.29 is 30.7 Å². The minimum atomic E-state index is -4.68. The number of hydrogen-bond donors (Lipinski definition) is 2. The summed E-state index contributed by atoms with van der Waals surface area (Å²) in [5.41, 5.74) is -0.740. The highest BCUT2D eigenvalue weighted by atomic mass is 32.2. The third kappa shape index (κ3) is 3.22. The lowest BCUT2D eigenvalue weighted by Crippen LogP contribution is -2.30. The van der Waals surface area contributed by atoms with Crippen molar-refractivity contribution in [1.82, 2.24) is 4.98 Å². The summed E-state index contributed by atoms with van der Waals surface area (Å²) in [6.45, 7) is 0. The molecule has 0 aliphatic carbocycles. The molecule has 1 aromatic rings. The van der Waals surface area contributed by atoms with E-state index in [9.17, 15) is 21.6 Å². The number of carbonyl (C=O) groups excluding carboxylic acids is 1. The molecule has 0 aliphatic rings. The number of rotatable bonds is 5. The second-order valence-corrected chi connectivity index (χ2v) is 6.46. The predicted molar refractivity (Wildman–Crippen MR) is 69.5 cm³/mol. The van der Waals surface area contributed by atoms with Gasteiger partial charge in [-0.3, -0.25) is 18.2 Å². The maximum Gasteiger partial charge on any atom is 0.360 e. The van der Waals surface area contributed by atoms with Gasteiger partial charge in [0.05, 0.1) is 11.3 Å². The number of aromatic nitrogens is 1. The molecule has 0 bridgehead atoms. The fourth-order valence-electron chi connectivity index (χ4n) is 1.32. The molecule has 12 heteroatoms.